The van der Waals surface area contributed by atoms with Crippen molar-refractivity contribution >= 4 is 24.2 Å². The molecule has 0 aliphatic carbocycles. The Balaban J connectivity index is 0.00000220. The first-order chi connectivity index (χ1) is 9.77. The van der Waals surface area contributed by atoms with Crippen molar-refractivity contribution in [3.63, 3.8) is 0 Å². The van der Waals surface area contributed by atoms with Gasteiger partial charge in [0.25, 0.3) is 0 Å². The van der Waals surface area contributed by atoms with Gasteiger partial charge in [-0.25, -0.2) is 0 Å². The molecule has 2 aliphatic heterocycles. The largest absolute Gasteiger partial charge is 0.355 e. The molecule has 0 radical (unpaired) electrons. The predicted octanol–water partition coefficient (Wildman–Crippen LogP) is 1.32. The smallest absolute Gasteiger partial charge is 0.224 e. The van der Waals surface area contributed by atoms with Crippen LogP contribution in [0.4, 0.5) is 0 Å². The molecule has 2 saturated heterocycles. The Morgan fingerprint density at radius 2 is 1.67 bits per heavy atom. The Morgan fingerprint density at radius 1 is 1.05 bits per heavy atom. The highest BCUT2D eigenvalue weighted by atomic mass is 35.5. The molecule has 122 valence electrons. The lowest BCUT2D eigenvalue weighted by Crippen LogP contribution is -2.40. The average Bonchev–Trinajstić information content (AvgIpc) is 2.77. The lowest BCUT2D eigenvalue weighted by molar-refractivity contribution is -0.131. The van der Waals surface area contributed by atoms with Crippen molar-refractivity contribution in [1.29, 1.82) is 0 Å². The van der Waals surface area contributed by atoms with Crippen LogP contribution in [-0.2, 0) is 9.59 Å². The Kier molecular flexibility index (Phi) is 8.69. The first-order valence-electron chi connectivity index (χ1n) is 8.03. The topological polar surface area (TPSA) is 61.4 Å². The van der Waals surface area contributed by atoms with Gasteiger partial charge in [0.1, 0.15) is 0 Å². The van der Waals surface area contributed by atoms with Crippen molar-refractivity contribution in [2.75, 3.05) is 32.7 Å². The van der Waals surface area contributed by atoms with Gasteiger partial charge in [-0.3, -0.25) is 9.59 Å². The van der Waals surface area contributed by atoms with Gasteiger partial charge in [0.2, 0.25) is 11.8 Å². The van der Waals surface area contributed by atoms with Crippen LogP contribution in [0, 0.1) is 5.92 Å². The number of likely N-dealkylation sites (tertiary alicyclic amines) is 1. The van der Waals surface area contributed by atoms with Crippen molar-refractivity contribution in [2.45, 2.75) is 44.9 Å². The zero-order valence-corrected chi connectivity index (χ0v) is 13.6. The van der Waals surface area contributed by atoms with Crippen molar-refractivity contribution in [3.05, 3.63) is 0 Å². The molecule has 0 atom stereocenters. The van der Waals surface area contributed by atoms with Gasteiger partial charge in [-0.1, -0.05) is 12.8 Å². The highest BCUT2D eigenvalue weighted by Gasteiger charge is 2.21. The molecule has 0 bridgehead atoms. The summed E-state index contributed by atoms with van der Waals surface area (Å²) in [6, 6.07) is 0. The van der Waals surface area contributed by atoms with Crippen LogP contribution in [0.25, 0.3) is 0 Å². The van der Waals surface area contributed by atoms with Crippen LogP contribution in [-0.4, -0.2) is 49.4 Å². The fraction of sp³-hybridized carbons (Fsp3) is 0.867. The van der Waals surface area contributed by atoms with Gasteiger partial charge in [0.05, 0.1) is 0 Å². The minimum atomic E-state index is 0. The maximum atomic E-state index is 12.1. The van der Waals surface area contributed by atoms with Gasteiger partial charge >= 0.3 is 0 Å². The molecule has 6 heteroatoms. The maximum absolute atomic E-state index is 12.1. The minimum absolute atomic E-state index is 0. The van der Waals surface area contributed by atoms with Crippen LogP contribution >= 0.6 is 12.4 Å². The number of nitrogens with one attached hydrogen (secondary N) is 2. The average molecular weight is 318 g/mol. The number of piperidine rings is 1. The first kappa shape index (κ1) is 18.2. The standard InChI is InChI=1S/C15H27N3O2.ClH/c19-14(18-11-3-1-2-4-12-18)7-10-17-15(20)13-5-8-16-9-6-13;/h13,16H,1-12H2,(H,17,20);1H. The number of nitrogens with zero attached hydrogens (tertiary/aromatic N) is 1. The van der Waals surface area contributed by atoms with Crippen LogP contribution in [0.3, 0.4) is 0 Å². The van der Waals surface area contributed by atoms with Crippen LogP contribution < -0.4 is 10.6 Å². The van der Waals surface area contributed by atoms with Crippen LogP contribution in [0.2, 0.25) is 0 Å². The SMILES string of the molecule is Cl.O=C(NCCC(=O)N1CCCCCC1)C1CCNCC1. The summed E-state index contributed by atoms with van der Waals surface area (Å²) in [5.74, 6) is 0.442. The number of rotatable bonds is 4. The number of carbonyl (C=O) groups excluding carboxylic acids is 2. The van der Waals surface area contributed by atoms with E-state index in [0.717, 1.165) is 51.9 Å². The molecule has 21 heavy (non-hydrogen) atoms. The highest BCUT2D eigenvalue weighted by molar-refractivity contribution is 5.85. The Labute approximate surface area is 133 Å². The predicted molar refractivity (Wildman–Crippen MR) is 85.5 cm³/mol. The van der Waals surface area contributed by atoms with Gasteiger partial charge in [0, 0.05) is 32.0 Å². The molecule has 0 aromatic heterocycles. The van der Waals surface area contributed by atoms with E-state index in [9.17, 15) is 9.59 Å². The fourth-order valence-corrected chi connectivity index (χ4v) is 3.00. The summed E-state index contributed by atoms with van der Waals surface area (Å²) >= 11 is 0. The lowest BCUT2D eigenvalue weighted by atomic mass is 9.97. The summed E-state index contributed by atoms with van der Waals surface area (Å²) in [6.07, 6.45) is 6.96. The van der Waals surface area contributed by atoms with E-state index in [4.69, 9.17) is 0 Å². The first-order valence-corrected chi connectivity index (χ1v) is 8.03. The Morgan fingerprint density at radius 3 is 2.29 bits per heavy atom. The summed E-state index contributed by atoms with van der Waals surface area (Å²) in [6.45, 7) is 4.11. The summed E-state index contributed by atoms with van der Waals surface area (Å²) < 4.78 is 0. The third-order valence-electron chi connectivity index (χ3n) is 4.31. The molecule has 2 amide bonds. The van der Waals surface area contributed by atoms with Crippen LogP contribution in [0.15, 0.2) is 0 Å². The van der Waals surface area contributed by atoms with E-state index in [2.05, 4.69) is 10.6 Å². The van der Waals surface area contributed by atoms with Crippen LogP contribution in [0.5, 0.6) is 0 Å². The second kappa shape index (κ2) is 10.0. The van der Waals surface area contributed by atoms with E-state index in [1.807, 2.05) is 4.90 Å². The van der Waals surface area contributed by atoms with Gasteiger partial charge in [-0.2, -0.15) is 0 Å². The molecule has 2 rings (SSSR count). The molecule has 0 saturated carbocycles. The quantitative estimate of drug-likeness (QED) is 0.822. The third kappa shape index (κ3) is 6.22. The lowest BCUT2D eigenvalue weighted by Gasteiger charge is -2.23. The zero-order valence-electron chi connectivity index (χ0n) is 12.7. The van der Waals surface area contributed by atoms with Gasteiger partial charge in [-0.05, 0) is 38.8 Å². The maximum Gasteiger partial charge on any atom is 0.224 e. The molecule has 2 aliphatic rings. The molecule has 2 heterocycles. The molecule has 2 N–H and O–H groups in total. The second-order valence-electron chi connectivity index (χ2n) is 5.86. The summed E-state index contributed by atoms with van der Waals surface area (Å²) in [5.41, 5.74) is 0. The third-order valence-corrected chi connectivity index (χ3v) is 4.31. The van der Waals surface area contributed by atoms with Gasteiger partial charge in [-0.15, -0.1) is 12.4 Å². The Hall–Kier alpha value is -0.810. The monoisotopic (exact) mass is 317 g/mol. The number of hydrogen-bond acceptors (Lipinski definition) is 3. The molecule has 0 aromatic rings. The summed E-state index contributed by atoms with van der Waals surface area (Å²) in [5, 5.41) is 6.18. The second-order valence-corrected chi connectivity index (χ2v) is 5.86. The van der Waals surface area contributed by atoms with E-state index in [-0.39, 0.29) is 30.1 Å². The van der Waals surface area contributed by atoms with Crippen molar-refractivity contribution in [2.24, 2.45) is 5.92 Å². The normalized spacial score (nSPS) is 20.3. The van der Waals surface area contributed by atoms with Crippen LogP contribution in [0.1, 0.15) is 44.9 Å². The van der Waals surface area contributed by atoms with E-state index < -0.39 is 0 Å². The molecular formula is C15H28ClN3O2. The van der Waals surface area contributed by atoms with E-state index in [0.29, 0.717) is 13.0 Å². The summed E-state index contributed by atoms with van der Waals surface area (Å²) in [4.78, 5) is 26.0. The van der Waals surface area contributed by atoms with E-state index in [1.165, 1.54) is 12.8 Å². The summed E-state index contributed by atoms with van der Waals surface area (Å²) in [7, 11) is 0. The van der Waals surface area contributed by atoms with Gasteiger partial charge in [0.15, 0.2) is 0 Å². The van der Waals surface area contributed by atoms with Crippen molar-refractivity contribution in [3.8, 4) is 0 Å². The number of amides is 2. The van der Waals surface area contributed by atoms with Crippen molar-refractivity contribution < 1.29 is 9.59 Å². The molecular weight excluding hydrogens is 290 g/mol. The zero-order chi connectivity index (χ0) is 14.2. The molecule has 0 aromatic carbocycles. The van der Waals surface area contributed by atoms with Crippen molar-refractivity contribution in [1.82, 2.24) is 15.5 Å². The highest BCUT2D eigenvalue weighted by Crippen LogP contribution is 2.12. The molecule has 5 nitrogen and oxygen atoms in total. The number of carbonyl (C=O) groups is 2. The molecule has 2 fully saturated rings. The minimum Gasteiger partial charge on any atom is -0.355 e. The molecule has 0 spiro atoms. The fourth-order valence-electron chi connectivity index (χ4n) is 3.00. The van der Waals surface area contributed by atoms with E-state index >= 15 is 0 Å². The van der Waals surface area contributed by atoms with Gasteiger partial charge < -0.3 is 15.5 Å². The number of hydrogen-bond donors (Lipinski definition) is 2. The van der Waals surface area contributed by atoms with E-state index in [1.54, 1.807) is 0 Å². The molecule has 0 unspecified atom stereocenters. The Bertz CT molecular complexity index is 325. The number of halogens is 1.